The molecule has 138 valence electrons. The number of fused-ring (bicyclic) bond motifs is 1. The van der Waals surface area contributed by atoms with Gasteiger partial charge in [0.05, 0.1) is 6.21 Å². The molecule has 0 saturated carbocycles. The predicted octanol–water partition coefficient (Wildman–Crippen LogP) is 4.42. The Labute approximate surface area is 162 Å². The van der Waals surface area contributed by atoms with Gasteiger partial charge in [0.15, 0.2) is 6.10 Å². The summed E-state index contributed by atoms with van der Waals surface area (Å²) in [6, 6.07) is 16.2. The Morgan fingerprint density at radius 2 is 2.00 bits per heavy atom. The van der Waals surface area contributed by atoms with E-state index in [0.717, 1.165) is 16.3 Å². The molecule has 0 fully saturated rings. The van der Waals surface area contributed by atoms with Crippen molar-refractivity contribution in [3.8, 4) is 11.5 Å². The maximum absolute atomic E-state index is 12.2. The standard InChI is InChI=1S/C21H19ClN2O3/c1-13-11-16(22)8-10-20(13)27-14(2)21(26)24-23-12-18-17-6-4-3-5-15(17)7-9-19(18)25/h3-12,14,25H,1-2H3,(H,24,26). The molecule has 3 aromatic rings. The van der Waals surface area contributed by atoms with Gasteiger partial charge in [0.1, 0.15) is 11.5 Å². The maximum atomic E-state index is 12.2. The summed E-state index contributed by atoms with van der Waals surface area (Å²) in [6.07, 6.45) is 0.679. The number of hydrazone groups is 1. The number of benzene rings is 3. The lowest BCUT2D eigenvalue weighted by atomic mass is 10.0. The van der Waals surface area contributed by atoms with Crippen LogP contribution in [0.5, 0.6) is 11.5 Å². The molecular formula is C21H19ClN2O3. The molecule has 0 aromatic heterocycles. The van der Waals surface area contributed by atoms with Crippen molar-refractivity contribution in [3.05, 3.63) is 70.7 Å². The number of aromatic hydroxyl groups is 1. The Balaban J connectivity index is 1.69. The van der Waals surface area contributed by atoms with E-state index in [9.17, 15) is 9.90 Å². The highest BCUT2D eigenvalue weighted by Crippen LogP contribution is 2.25. The molecule has 1 unspecified atom stereocenters. The summed E-state index contributed by atoms with van der Waals surface area (Å²) in [5.74, 6) is 0.269. The fourth-order valence-electron chi connectivity index (χ4n) is 2.66. The number of phenolic OH excluding ortho intramolecular Hbond substituents is 1. The lowest BCUT2D eigenvalue weighted by molar-refractivity contribution is -0.127. The van der Waals surface area contributed by atoms with E-state index in [-0.39, 0.29) is 5.75 Å². The number of amides is 1. The minimum absolute atomic E-state index is 0.0905. The maximum Gasteiger partial charge on any atom is 0.280 e. The summed E-state index contributed by atoms with van der Waals surface area (Å²) < 4.78 is 5.66. The highest BCUT2D eigenvalue weighted by Gasteiger charge is 2.15. The highest BCUT2D eigenvalue weighted by atomic mass is 35.5. The van der Waals surface area contributed by atoms with Crippen LogP contribution in [0.1, 0.15) is 18.1 Å². The zero-order valence-electron chi connectivity index (χ0n) is 14.9. The number of nitrogens with one attached hydrogen (secondary N) is 1. The third-order valence-corrected chi connectivity index (χ3v) is 4.36. The molecule has 0 aliphatic carbocycles. The van der Waals surface area contributed by atoms with Gasteiger partial charge in [-0.2, -0.15) is 5.10 Å². The van der Waals surface area contributed by atoms with E-state index in [1.54, 1.807) is 31.2 Å². The van der Waals surface area contributed by atoms with Crippen molar-refractivity contribution in [1.82, 2.24) is 5.43 Å². The minimum Gasteiger partial charge on any atom is -0.507 e. The SMILES string of the molecule is Cc1cc(Cl)ccc1OC(C)C(=O)NN=Cc1c(O)ccc2ccccc12. The Bertz CT molecular complexity index is 1020. The summed E-state index contributed by atoms with van der Waals surface area (Å²) in [5.41, 5.74) is 3.82. The number of ether oxygens (including phenoxy) is 1. The summed E-state index contributed by atoms with van der Waals surface area (Å²) in [6.45, 7) is 3.49. The molecule has 3 rings (SSSR count). The number of carbonyl (C=O) groups is 1. The average molecular weight is 383 g/mol. The van der Waals surface area contributed by atoms with Crippen LogP contribution >= 0.6 is 11.6 Å². The second-order valence-electron chi connectivity index (χ2n) is 6.12. The number of hydrogen-bond acceptors (Lipinski definition) is 4. The number of phenols is 1. The van der Waals surface area contributed by atoms with E-state index in [1.807, 2.05) is 37.3 Å². The average Bonchev–Trinajstić information content (AvgIpc) is 2.65. The first-order valence-electron chi connectivity index (χ1n) is 8.42. The van der Waals surface area contributed by atoms with E-state index >= 15 is 0 Å². The van der Waals surface area contributed by atoms with Crippen LogP contribution in [0.4, 0.5) is 0 Å². The molecule has 0 heterocycles. The molecule has 1 amide bonds. The molecule has 0 radical (unpaired) electrons. The van der Waals surface area contributed by atoms with Crippen molar-refractivity contribution in [2.24, 2.45) is 5.10 Å². The van der Waals surface area contributed by atoms with Crippen molar-refractivity contribution < 1.29 is 14.6 Å². The Morgan fingerprint density at radius 1 is 1.22 bits per heavy atom. The van der Waals surface area contributed by atoms with Crippen molar-refractivity contribution in [2.75, 3.05) is 0 Å². The van der Waals surface area contributed by atoms with Crippen LogP contribution < -0.4 is 10.2 Å². The molecular weight excluding hydrogens is 364 g/mol. The molecule has 0 saturated heterocycles. The number of hydrogen-bond donors (Lipinski definition) is 2. The first kappa shape index (κ1) is 18.7. The third kappa shape index (κ3) is 4.38. The summed E-state index contributed by atoms with van der Waals surface area (Å²) in [7, 11) is 0. The summed E-state index contributed by atoms with van der Waals surface area (Å²) >= 11 is 5.92. The van der Waals surface area contributed by atoms with Gasteiger partial charge in [-0.25, -0.2) is 5.43 Å². The summed E-state index contributed by atoms with van der Waals surface area (Å²) in [4.78, 5) is 12.2. The zero-order chi connectivity index (χ0) is 19.4. The molecule has 0 aliphatic rings. The van der Waals surface area contributed by atoms with E-state index < -0.39 is 12.0 Å². The summed E-state index contributed by atoms with van der Waals surface area (Å²) in [5, 5.41) is 16.5. The fourth-order valence-corrected chi connectivity index (χ4v) is 2.89. The third-order valence-electron chi connectivity index (χ3n) is 4.13. The number of nitrogens with zero attached hydrogens (tertiary/aromatic N) is 1. The highest BCUT2D eigenvalue weighted by molar-refractivity contribution is 6.30. The fraction of sp³-hybridized carbons (Fsp3) is 0.143. The van der Waals surface area contributed by atoms with Crippen LogP contribution in [-0.2, 0) is 4.79 Å². The lowest BCUT2D eigenvalue weighted by Gasteiger charge is -2.15. The van der Waals surface area contributed by atoms with Crippen molar-refractivity contribution in [3.63, 3.8) is 0 Å². The molecule has 27 heavy (non-hydrogen) atoms. The molecule has 6 heteroatoms. The van der Waals surface area contributed by atoms with Gasteiger partial charge in [0.2, 0.25) is 0 Å². The molecule has 3 aromatic carbocycles. The van der Waals surface area contributed by atoms with Crippen LogP contribution in [0.15, 0.2) is 59.7 Å². The van der Waals surface area contributed by atoms with Gasteiger partial charge in [0, 0.05) is 10.6 Å². The second-order valence-corrected chi connectivity index (χ2v) is 6.56. The van der Waals surface area contributed by atoms with Crippen LogP contribution in [0.2, 0.25) is 5.02 Å². The first-order valence-corrected chi connectivity index (χ1v) is 8.80. The van der Waals surface area contributed by atoms with E-state index in [4.69, 9.17) is 16.3 Å². The van der Waals surface area contributed by atoms with Gasteiger partial charge in [-0.1, -0.05) is 41.9 Å². The number of carbonyl (C=O) groups excluding carboxylic acids is 1. The predicted molar refractivity (Wildman–Crippen MR) is 108 cm³/mol. The molecule has 1 atom stereocenters. The Morgan fingerprint density at radius 3 is 2.78 bits per heavy atom. The molecule has 0 bridgehead atoms. The van der Waals surface area contributed by atoms with Crippen LogP contribution in [-0.4, -0.2) is 23.3 Å². The molecule has 5 nitrogen and oxygen atoms in total. The van der Waals surface area contributed by atoms with Crippen molar-refractivity contribution in [2.45, 2.75) is 20.0 Å². The molecule has 0 spiro atoms. The first-order chi connectivity index (χ1) is 13.0. The monoisotopic (exact) mass is 382 g/mol. The lowest BCUT2D eigenvalue weighted by Crippen LogP contribution is -2.33. The normalized spacial score (nSPS) is 12.3. The number of rotatable bonds is 5. The van der Waals surface area contributed by atoms with Crippen molar-refractivity contribution >= 4 is 34.5 Å². The van der Waals surface area contributed by atoms with Gasteiger partial charge >= 0.3 is 0 Å². The largest absolute Gasteiger partial charge is 0.507 e. The molecule has 0 aliphatic heterocycles. The van der Waals surface area contributed by atoms with Gasteiger partial charge in [-0.3, -0.25) is 4.79 Å². The van der Waals surface area contributed by atoms with E-state index in [1.165, 1.54) is 6.21 Å². The van der Waals surface area contributed by atoms with Gasteiger partial charge in [-0.15, -0.1) is 0 Å². The number of aryl methyl sites for hydroxylation is 1. The minimum atomic E-state index is -0.747. The molecule has 2 N–H and O–H groups in total. The van der Waals surface area contributed by atoms with Gasteiger partial charge in [-0.05, 0) is 54.4 Å². The quantitative estimate of drug-likeness (QED) is 0.506. The van der Waals surface area contributed by atoms with Crippen LogP contribution in [0.3, 0.4) is 0 Å². The van der Waals surface area contributed by atoms with Crippen LogP contribution in [0, 0.1) is 6.92 Å². The van der Waals surface area contributed by atoms with Gasteiger partial charge in [0.25, 0.3) is 5.91 Å². The topological polar surface area (TPSA) is 70.9 Å². The smallest absolute Gasteiger partial charge is 0.280 e. The zero-order valence-corrected chi connectivity index (χ0v) is 15.7. The van der Waals surface area contributed by atoms with Crippen molar-refractivity contribution in [1.29, 1.82) is 0 Å². The second kappa shape index (κ2) is 8.10. The van der Waals surface area contributed by atoms with E-state index in [2.05, 4.69) is 10.5 Å². The Kier molecular flexibility index (Phi) is 5.62. The Hall–Kier alpha value is -3.05. The van der Waals surface area contributed by atoms with Gasteiger partial charge < -0.3 is 9.84 Å². The van der Waals surface area contributed by atoms with E-state index in [0.29, 0.717) is 16.3 Å². The number of halogens is 1. The van der Waals surface area contributed by atoms with Crippen LogP contribution in [0.25, 0.3) is 10.8 Å².